The topological polar surface area (TPSA) is 120 Å². The van der Waals surface area contributed by atoms with E-state index in [2.05, 4.69) is 21.3 Å². The van der Waals surface area contributed by atoms with Gasteiger partial charge in [-0.3, -0.25) is 10.6 Å². The van der Waals surface area contributed by atoms with E-state index in [1.807, 2.05) is 73.0 Å². The summed E-state index contributed by atoms with van der Waals surface area (Å²) in [5.74, 6) is 0.597. The second kappa shape index (κ2) is 5.80. The minimum absolute atomic E-state index is 0.299. The van der Waals surface area contributed by atoms with E-state index >= 15 is 0 Å². The van der Waals surface area contributed by atoms with Crippen molar-refractivity contribution in [2.75, 3.05) is 0 Å². The Balaban J connectivity index is 1.98. The first-order chi connectivity index (χ1) is 12.7. The van der Waals surface area contributed by atoms with E-state index in [0.29, 0.717) is 11.9 Å². The van der Waals surface area contributed by atoms with E-state index in [9.17, 15) is 0 Å². The molecular weight excluding hydrogens is 328 g/mol. The first-order valence-electron chi connectivity index (χ1n) is 7.91. The first-order valence-corrected chi connectivity index (χ1v) is 7.91. The number of aliphatic imine (C=N–C) groups is 2. The van der Waals surface area contributed by atoms with E-state index in [0.717, 1.165) is 11.1 Å². The van der Waals surface area contributed by atoms with E-state index in [1.54, 1.807) is 0 Å². The molecule has 0 unspecified atom stereocenters. The Kier molecular flexibility index (Phi) is 3.45. The van der Waals surface area contributed by atoms with Crippen LogP contribution in [0.15, 0.2) is 70.6 Å². The standard InChI is InChI=1S/C18H14N8/c19-11-21-15-23-17(13-7-3-1-4-8-13)18(25-15,14-9-5-2-6-10-14)26-16(24-17)22-12-20/h1-10H,(H2,21,23,25)(H2,22,24,26). The van der Waals surface area contributed by atoms with E-state index in [1.165, 1.54) is 0 Å². The Morgan fingerprint density at radius 2 is 1.19 bits per heavy atom. The highest BCUT2D eigenvalue weighted by Crippen LogP contribution is 2.49. The Hall–Kier alpha value is -4.04. The van der Waals surface area contributed by atoms with Crippen molar-refractivity contribution in [3.05, 3.63) is 71.8 Å². The Morgan fingerprint density at radius 1 is 0.731 bits per heavy atom. The zero-order valence-electron chi connectivity index (χ0n) is 13.6. The Bertz CT molecular complexity index is 930. The third-order valence-corrected chi connectivity index (χ3v) is 4.41. The van der Waals surface area contributed by atoms with Gasteiger partial charge in [0.05, 0.1) is 0 Å². The van der Waals surface area contributed by atoms with Gasteiger partial charge in [-0.15, -0.1) is 0 Å². The van der Waals surface area contributed by atoms with Crippen LogP contribution in [-0.4, -0.2) is 11.9 Å². The van der Waals surface area contributed by atoms with Gasteiger partial charge in [0.25, 0.3) is 0 Å². The summed E-state index contributed by atoms with van der Waals surface area (Å²) in [5, 5.41) is 29.7. The average Bonchev–Trinajstić information content (AvgIpc) is 3.14. The van der Waals surface area contributed by atoms with Gasteiger partial charge in [-0.05, 0) is 0 Å². The van der Waals surface area contributed by atoms with Gasteiger partial charge in [-0.2, -0.15) is 10.5 Å². The monoisotopic (exact) mass is 342 g/mol. The third kappa shape index (κ3) is 2.06. The molecule has 0 radical (unpaired) electrons. The molecule has 126 valence electrons. The van der Waals surface area contributed by atoms with Gasteiger partial charge in [0.2, 0.25) is 17.6 Å². The molecule has 8 heteroatoms. The molecule has 2 aliphatic heterocycles. The molecule has 0 aromatic heterocycles. The summed E-state index contributed by atoms with van der Waals surface area (Å²) in [4.78, 5) is 9.39. The fourth-order valence-electron chi connectivity index (χ4n) is 3.41. The number of hydrogen-bond acceptors (Lipinski definition) is 8. The minimum atomic E-state index is -1.13. The normalized spacial score (nSPS) is 25.5. The van der Waals surface area contributed by atoms with E-state index in [-0.39, 0.29) is 0 Å². The highest BCUT2D eigenvalue weighted by Gasteiger charge is 2.63. The lowest BCUT2D eigenvalue weighted by Gasteiger charge is -2.37. The fourth-order valence-corrected chi connectivity index (χ4v) is 3.41. The van der Waals surface area contributed by atoms with Gasteiger partial charge < -0.3 is 10.6 Å². The maximum absolute atomic E-state index is 9.04. The third-order valence-electron chi connectivity index (χ3n) is 4.41. The van der Waals surface area contributed by atoms with Crippen LogP contribution < -0.4 is 21.3 Å². The molecule has 0 atom stereocenters. The lowest BCUT2D eigenvalue weighted by molar-refractivity contribution is 0.234. The molecule has 26 heavy (non-hydrogen) atoms. The van der Waals surface area contributed by atoms with Gasteiger partial charge in [0, 0.05) is 11.1 Å². The van der Waals surface area contributed by atoms with Gasteiger partial charge in [-0.1, -0.05) is 60.7 Å². The van der Waals surface area contributed by atoms with Crippen LogP contribution in [0.3, 0.4) is 0 Å². The van der Waals surface area contributed by atoms with Crippen LogP contribution in [-0.2, 0) is 11.3 Å². The SMILES string of the molecule is N#CNC1=NC2(c3ccccc3)N=C(NC#N)NC2(c2ccccc2)N1. The van der Waals surface area contributed by atoms with Crippen molar-refractivity contribution in [3.63, 3.8) is 0 Å². The number of nitrogens with one attached hydrogen (secondary N) is 4. The molecule has 2 aromatic rings. The van der Waals surface area contributed by atoms with E-state index < -0.39 is 11.3 Å². The largest absolute Gasteiger partial charge is 0.325 e. The molecule has 0 saturated carbocycles. The van der Waals surface area contributed by atoms with Gasteiger partial charge in [-0.25, -0.2) is 9.98 Å². The molecule has 0 amide bonds. The summed E-state index contributed by atoms with van der Waals surface area (Å²) in [6.45, 7) is 0. The molecular formula is C18H14N8. The second-order valence-electron chi connectivity index (χ2n) is 5.80. The van der Waals surface area contributed by atoms with Crippen molar-refractivity contribution in [2.45, 2.75) is 11.3 Å². The van der Waals surface area contributed by atoms with Crippen molar-refractivity contribution in [3.8, 4) is 12.4 Å². The van der Waals surface area contributed by atoms with Crippen LogP contribution in [0.1, 0.15) is 11.1 Å². The lowest BCUT2D eigenvalue weighted by Crippen LogP contribution is -2.61. The number of rotatable bonds is 2. The summed E-state index contributed by atoms with van der Waals surface area (Å²) >= 11 is 0. The Labute approximate surface area is 149 Å². The van der Waals surface area contributed by atoms with Gasteiger partial charge in [0.1, 0.15) is 0 Å². The summed E-state index contributed by atoms with van der Waals surface area (Å²) < 4.78 is 0. The summed E-state index contributed by atoms with van der Waals surface area (Å²) in [5.41, 5.74) is -0.448. The van der Waals surface area contributed by atoms with Crippen LogP contribution in [0.2, 0.25) is 0 Å². The smallest absolute Gasteiger partial charge is 0.228 e. The first kappa shape index (κ1) is 15.5. The number of benzene rings is 2. The van der Waals surface area contributed by atoms with Crippen molar-refractivity contribution < 1.29 is 0 Å². The molecule has 4 rings (SSSR count). The molecule has 0 aliphatic carbocycles. The molecule has 4 N–H and O–H groups in total. The number of guanidine groups is 2. The summed E-state index contributed by atoms with van der Waals surface area (Å²) in [6, 6.07) is 19.2. The number of nitrogens with zero attached hydrogens (tertiary/aromatic N) is 4. The predicted molar refractivity (Wildman–Crippen MR) is 94.9 cm³/mol. The number of hydrogen-bond donors (Lipinski definition) is 4. The molecule has 0 bridgehead atoms. The lowest BCUT2D eigenvalue weighted by atomic mass is 9.83. The van der Waals surface area contributed by atoms with Crippen LogP contribution in [0.4, 0.5) is 0 Å². The van der Waals surface area contributed by atoms with Crippen LogP contribution in [0.5, 0.6) is 0 Å². The highest BCUT2D eigenvalue weighted by molar-refractivity contribution is 5.92. The molecule has 2 aliphatic rings. The summed E-state index contributed by atoms with van der Waals surface area (Å²) in [6.07, 6.45) is 3.77. The van der Waals surface area contributed by atoms with Crippen molar-refractivity contribution in [2.24, 2.45) is 9.98 Å². The van der Waals surface area contributed by atoms with Crippen molar-refractivity contribution >= 4 is 11.9 Å². The number of fused-ring (bicyclic) bond motifs is 1. The molecule has 2 aromatic carbocycles. The quantitative estimate of drug-likeness (QED) is 0.472. The zero-order chi connectivity index (χ0) is 18.0. The Morgan fingerprint density at radius 3 is 1.65 bits per heavy atom. The average molecular weight is 342 g/mol. The van der Waals surface area contributed by atoms with Gasteiger partial charge >= 0.3 is 0 Å². The van der Waals surface area contributed by atoms with Crippen LogP contribution in [0, 0.1) is 22.9 Å². The zero-order valence-corrected chi connectivity index (χ0v) is 13.6. The van der Waals surface area contributed by atoms with E-state index in [4.69, 9.17) is 20.5 Å². The molecule has 0 spiro atoms. The predicted octanol–water partition coefficient (Wildman–Crippen LogP) is 0.752. The molecule has 2 heterocycles. The second-order valence-corrected chi connectivity index (χ2v) is 5.80. The van der Waals surface area contributed by atoms with Crippen molar-refractivity contribution in [1.82, 2.24) is 21.3 Å². The summed E-state index contributed by atoms with van der Waals surface area (Å²) in [7, 11) is 0. The minimum Gasteiger partial charge on any atom is -0.325 e. The molecule has 0 saturated heterocycles. The van der Waals surface area contributed by atoms with Crippen molar-refractivity contribution in [1.29, 1.82) is 10.5 Å². The highest BCUT2D eigenvalue weighted by atomic mass is 15.5. The van der Waals surface area contributed by atoms with Gasteiger partial charge in [0.15, 0.2) is 18.0 Å². The van der Waals surface area contributed by atoms with Crippen LogP contribution in [0.25, 0.3) is 0 Å². The maximum Gasteiger partial charge on any atom is 0.228 e. The number of nitriles is 2. The fraction of sp³-hybridized carbons (Fsp3) is 0.111. The molecule has 0 fully saturated rings. The molecule has 8 nitrogen and oxygen atoms in total. The van der Waals surface area contributed by atoms with Crippen LogP contribution >= 0.6 is 0 Å². The maximum atomic E-state index is 9.04.